The fraction of sp³-hybridized carbons (Fsp3) is 1.00. The second-order valence-electron chi connectivity index (χ2n) is 2.71. The van der Waals surface area contributed by atoms with Crippen molar-refractivity contribution >= 4 is 0 Å². The van der Waals surface area contributed by atoms with Gasteiger partial charge < -0.3 is 25.8 Å². The number of aliphatic hydroxyl groups excluding tert-OH is 3. The molecule has 5 heteroatoms. The summed E-state index contributed by atoms with van der Waals surface area (Å²) in [6, 6.07) is -0.562. The van der Waals surface area contributed by atoms with Gasteiger partial charge in [0.25, 0.3) is 0 Å². The molecule has 0 aromatic heterocycles. The van der Waals surface area contributed by atoms with Crippen molar-refractivity contribution in [1.29, 1.82) is 0 Å². The van der Waals surface area contributed by atoms with Gasteiger partial charge in [-0.15, -0.1) is 0 Å². The van der Waals surface area contributed by atoms with E-state index in [0.29, 0.717) is 0 Å². The Kier molecular flexibility index (Phi) is 2.80. The molecule has 1 aliphatic heterocycles. The highest BCUT2D eigenvalue weighted by Gasteiger charge is 2.33. The van der Waals surface area contributed by atoms with Crippen molar-refractivity contribution in [2.75, 3.05) is 6.61 Å². The third-order valence-electron chi connectivity index (χ3n) is 1.80. The minimum absolute atomic E-state index is 0.256. The van der Waals surface area contributed by atoms with Crippen LogP contribution in [-0.4, -0.2) is 46.5 Å². The van der Waals surface area contributed by atoms with Crippen LogP contribution in [0.2, 0.25) is 0 Å². The molecule has 0 aromatic carbocycles. The lowest BCUT2D eigenvalue weighted by molar-refractivity contribution is -0.216. The minimum Gasteiger partial charge on any atom is -0.394 e. The summed E-state index contributed by atoms with van der Waals surface area (Å²) in [5.41, 5.74) is 5.37. The topological polar surface area (TPSA) is 95.9 Å². The zero-order valence-electron chi connectivity index (χ0n) is 6.05. The van der Waals surface area contributed by atoms with E-state index >= 15 is 0 Å². The quantitative estimate of drug-likeness (QED) is 0.351. The van der Waals surface area contributed by atoms with Gasteiger partial charge >= 0.3 is 0 Å². The van der Waals surface area contributed by atoms with E-state index in [2.05, 4.69) is 0 Å². The third kappa shape index (κ3) is 1.88. The van der Waals surface area contributed by atoms with Gasteiger partial charge in [-0.05, 0) is 6.42 Å². The van der Waals surface area contributed by atoms with Gasteiger partial charge in [0.05, 0.1) is 18.8 Å². The molecule has 66 valence electrons. The first-order valence-corrected chi connectivity index (χ1v) is 3.53. The van der Waals surface area contributed by atoms with Gasteiger partial charge in [-0.25, -0.2) is 0 Å². The molecule has 0 amide bonds. The molecule has 0 radical (unpaired) electrons. The molecule has 11 heavy (non-hydrogen) atoms. The smallest absolute Gasteiger partial charge is 0.170 e. The highest BCUT2D eigenvalue weighted by Crippen LogP contribution is 2.16. The number of hydrogen-bond donors (Lipinski definition) is 4. The van der Waals surface area contributed by atoms with E-state index < -0.39 is 24.5 Å². The number of ether oxygens (including phenoxy) is 1. The molecule has 1 fully saturated rings. The fourth-order valence-corrected chi connectivity index (χ4v) is 1.08. The van der Waals surface area contributed by atoms with Crippen LogP contribution < -0.4 is 5.73 Å². The maximum absolute atomic E-state index is 9.18. The molecule has 1 heterocycles. The van der Waals surface area contributed by atoms with Crippen molar-refractivity contribution in [3.63, 3.8) is 0 Å². The van der Waals surface area contributed by atoms with Gasteiger partial charge in [0, 0.05) is 0 Å². The van der Waals surface area contributed by atoms with Gasteiger partial charge in [-0.1, -0.05) is 0 Å². The maximum atomic E-state index is 9.18. The molecule has 1 saturated heterocycles. The van der Waals surface area contributed by atoms with Crippen molar-refractivity contribution < 1.29 is 20.1 Å². The molecule has 0 saturated carbocycles. The summed E-state index contributed by atoms with van der Waals surface area (Å²) >= 11 is 0. The molecule has 0 bridgehead atoms. The van der Waals surface area contributed by atoms with Gasteiger partial charge in [-0.3, -0.25) is 0 Å². The molecule has 0 aromatic rings. The van der Waals surface area contributed by atoms with Crippen LogP contribution in [0, 0.1) is 0 Å². The summed E-state index contributed by atoms with van der Waals surface area (Å²) in [5.74, 6) is 0. The molecule has 5 nitrogen and oxygen atoms in total. The van der Waals surface area contributed by atoms with Crippen LogP contribution in [-0.2, 0) is 4.74 Å². The van der Waals surface area contributed by atoms with Crippen LogP contribution in [0.15, 0.2) is 0 Å². The summed E-state index contributed by atoms with van der Waals surface area (Å²) in [7, 11) is 0. The molecule has 2 unspecified atom stereocenters. The predicted octanol–water partition coefficient (Wildman–Crippen LogP) is -2.23. The van der Waals surface area contributed by atoms with Crippen LogP contribution in [0.25, 0.3) is 0 Å². The predicted molar refractivity (Wildman–Crippen MR) is 36.6 cm³/mol. The van der Waals surface area contributed by atoms with Crippen molar-refractivity contribution in [3.8, 4) is 0 Å². The van der Waals surface area contributed by atoms with Crippen LogP contribution in [0.4, 0.5) is 0 Å². The molecule has 5 N–H and O–H groups in total. The Labute approximate surface area is 64.4 Å². The summed E-state index contributed by atoms with van der Waals surface area (Å²) in [6.07, 6.45) is -2.30. The number of hydrogen-bond acceptors (Lipinski definition) is 5. The lowest BCUT2D eigenvalue weighted by Gasteiger charge is -2.34. The van der Waals surface area contributed by atoms with Crippen molar-refractivity contribution in [3.05, 3.63) is 0 Å². The number of aliphatic hydroxyl groups is 3. The molecule has 0 aliphatic carbocycles. The molecular formula is C6H13NO4. The van der Waals surface area contributed by atoms with Gasteiger partial charge in [-0.2, -0.15) is 0 Å². The first-order valence-electron chi connectivity index (χ1n) is 3.53. The van der Waals surface area contributed by atoms with Crippen LogP contribution in [0.5, 0.6) is 0 Å². The van der Waals surface area contributed by atoms with Crippen molar-refractivity contribution in [2.24, 2.45) is 5.73 Å². The molecule has 1 aliphatic rings. The summed E-state index contributed by atoms with van der Waals surface area (Å²) in [6.45, 7) is -0.301. The first-order chi connectivity index (χ1) is 5.15. The largest absolute Gasteiger partial charge is 0.394 e. The van der Waals surface area contributed by atoms with E-state index in [1.54, 1.807) is 0 Å². The summed E-state index contributed by atoms with van der Waals surface area (Å²) < 4.78 is 4.79. The normalized spacial score (nSPS) is 45.8. The van der Waals surface area contributed by atoms with Crippen LogP contribution >= 0.6 is 0 Å². The van der Waals surface area contributed by atoms with Gasteiger partial charge in [0.15, 0.2) is 6.29 Å². The SMILES string of the molecule is NC1C[C@@H](O)C(CO)O[C@H]1O. The molecule has 4 atom stereocenters. The van der Waals surface area contributed by atoms with Crippen LogP contribution in [0.1, 0.15) is 6.42 Å². The number of rotatable bonds is 1. The van der Waals surface area contributed by atoms with E-state index in [4.69, 9.17) is 20.7 Å². The second kappa shape index (κ2) is 3.46. The van der Waals surface area contributed by atoms with Crippen molar-refractivity contribution in [2.45, 2.75) is 31.0 Å². The standard InChI is InChI=1S/C6H13NO4/c7-3-1-4(9)5(2-8)11-6(3)10/h3-6,8-10H,1-2,7H2/t3?,4-,5?,6-/m1/s1. The maximum Gasteiger partial charge on any atom is 0.170 e. The lowest BCUT2D eigenvalue weighted by Crippen LogP contribution is -2.52. The summed E-state index contributed by atoms with van der Waals surface area (Å²) in [5, 5.41) is 26.8. The minimum atomic E-state index is -1.07. The van der Waals surface area contributed by atoms with E-state index in [9.17, 15) is 5.11 Å². The summed E-state index contributed by atoms with van der Waals surface area (Å²) in [4.78, 5) is 0. The Balaban J connectivity index is 2.48. The van der Waals surface area contributed by atoms with E-state index in [1.807, 2.05) is 0 Å². The average molecular weight is 163 g/mol. The van der Waals surface area contributed by atoms with Crippen molar-refractivity contribution in [1.82, 2.24) is 0 Å². The Hall–Kier alpha value is -0.200. The highest BCUT2D eigenvalue weighted by atomic mass is 16.6. The number of nitrogens with two attached hydrogens (primary N) is 1. The molecular weight excluding hydrogens is 150 g/mol. The Morgan fingerprint density at radius 2 is 2.09 bits per heavy atom. The van der Waals surface area contributed by atoms with Gasteiger partial charge in [0.2, 0.25) is 0 Å². The zero-order valence-corrected chi connectivity index (χ0v) is 6.05. The fourth-order valence-electron chi connectivity index (χ4n) is 1.08. The Bertz CT molecular complexity index is 132. The zero-order chi connectivity index (χ0) is 8.43. The van der Waals surface area contributed by atoms with E-state index in [1.165, 1.54) is 0 Å². The van der Waals surface area contributed by atoms with Crippen LogP contribution in [0.3, 0.4) is 0 Å². The highest BCUT2D eigenvalue weighted by molar-refractivity contribution is 4.81. The molecule has 1 rings (SSSR count). The third-order valence-corrected chi connectivity index (χ3v) is 1.80. The van der Waals surface area contributed by atoms with Gasteiger partial charge in [0.1, 0.15) is 6.10 Å². The monoisotopic (exact) mass is 163 g/mol. The second-order valence-corrected chi connectivity index (χ2v) is 2.71. The Morgan fingerprint density at radius 1 is 1.45 bits per heavy atom. The lowest BCUT2D eigenvalue weighted by atomic mass is 10.0. The average Bonchev–Trinajstić information content (AvgIpc) is 1.97. The Morgan fingerprint density at radius 3 is 2.64 bits per heavy atom. The van der Waals surface area contributed by atoms with E-state index in [0.717, 1.165) is 0 Å². The molecule has 0 spiro atoms. The van der Waals surface area contributed by atoms with E-state index in [-0.39, 0.29) is 13.0 Å². The first kappa shape index (κ1) is 8.89.